The number of aliphatic hydroxyl groups excluding tert-OH is 1. The fraction of sp³-hybridized carbons (Fsp3) is 0.727. The molecule has 1 heterocycles. The van der Waals surface area contributed by atoms with Crippen molar-refractivity contribution < 1.29 is 5.11 Å². The number of rotatable bonds is 2. The third-order valence-corrected chi connectivity index (χ3v) is 3.17. The van der Waals surface area contributed by atoms with Gasteiger partial charge in [0.1, 0.15) is 0 Å². The van der Waals surface area contributed by atoms with E-state index < -0.39 is 0 Å². The van der Waals surface area contributed by atoms with Gasteiger partial charge in [-0.2, -0.15) is 5.10 Å². The molecule has 2 atom stereocenters. The van der Waals surface area contributed by atoms with Crippen molar-refractivity contribution in [3.05, 3.63) is 18.0 Å². The molecule has 1 aliphatic rings. The lowest BCUT2D eigenvalue weighted by Crippen LogP contribution is -2.23. The molecule has 4 nitrogen and oxygen atoms in total. The molecule has 1 aromatic rings. The van der Waals surface area contributed by atoms with Crippen LogP contribution >= 0.6 is 0 Å². The van der Waals surface area contributed by atoms with Crippen LogP contribution in [0.3, 0.4) is 0 Å². The molecule has 3 N–H and O–H groups in total. The van der Waals surface area contributed by atoms with E-state index in [4.69, 9.17) is 5.73 Å². The minimum absolute atomic E-state index is 0.146. The zero-order valence-electron chi connectivity index (χ0n) is 8.97. The fourth-order valence-corrected chi connectivity index (χ4v) is 2.24. The second-order valence-corrected chi connectivity index (χ2v) is 4.31. The smallest absolute Gasteiger partial charge is 0.0778 e. The van der Waals surface area contributed by atoms with E-state index in [1.165, 1.54) is 12.8 Å². The summed E-state index contributed by atoms with van der Waals surface area (Å²) in [6.07, 6.45) is 8.94. The van der Waals surface area contributed by atoms with E-state index in [9.17, 15) is 5.11 Å². The Morgan fingerprint density at radius 2 is 2.20 bits per heavy atom. The van der Waals surface area contributed by atoms with Crippen LogP contribution in [0.15, 0.2) is 12.4 Å². The quantitative estimate of drug-likeness (QED) is 0.719. The predicted molar refractivity (Wildman–Crippen MR) is 58.2 cm³/mol. The lowest BCUT2D eigenvalue weighted by molar-refractivity contribution is 0.0990. The van der Waals surface area contributed by atoms with Crippen LogP contribution in [0, 0.1) is 0 Å². The normalized spacial score (nSPS) is 27.6. The maximum atomic E-state index is 9.99. The topological polar surface area (TPSA) is 64.1 Å². The van der Waals surface area contributed by atoms with Gasteiger partial charge in [0, 0.05) is 18.3 Å². The molecule has 4 heteroatoms. The monoisotopic (exact) mass is 209 g/mol. The second-order valence-electron chi connectivity index (χ2n) is 4.31. The van der Waals surface area contributed by atoms with Gasteiger partial charge >= 0.3 is 0 Å². The molecule has 0 amide bonds. The molecule has 84 valence electrons. The van der Waals surface area contributed by atoms with Gasteiger partial charge in [-0.3, -0.25) is 4.68 Å². The van der Waals surface area contributed by atoms with E-state index in [1.54, 1.807) is 6.20 Å². The second kappa shape index (κ2) is 4.77. The van der Waals surface area contributed by atoms with Crippen molar-refractivity contribution in [3.8, 4) is 0 Å². The zero-order valence-corrected chi connectivity index (χ0v) is 8.97. The highest BCUT2D eigenvalue weighted by Crippen LogP contribution is 2.27. The highest BCUT2D eigenvalue weighted by molar-refractivity contribution is 5.04. The molecule has 2 rings (SSSR count). The molecule has 0 saturated heterocycles. The van der Waals surface area contributed by atoms with Crippen molar-refractivity contribution in [2.75, 3.05) is 0 Å². The highest BCUT2D eigenvalue weighted by Gasteiger charge is 2.23. The van der Waals surface area contributed by atoms with E-state index in [2.05, 4.69) is 5.10 Å². The van der Waals surface area contributed by atoms with E-state index in [0.717, 1.165) is 24.8 Å². The molecule has 0 radical (unpaired) electrons. The largest absolute Gasteiger partial charge is 0.391 e. The van der Waals surface area contributed by atoms with Gasteiger partial charge in [0.05, 0.1) is 18.3 Å². The minimum atomic E-state index is -0.252. The first-order chi connectivity index (χ1) is 7.31. The average Bonchev–Trinajstić information content (AvgIpc) is 2.62. The Bertz CT molecular complexity index is 311. The first kappa shape index (κ1) is 10.6. The standard InChI is InChI=1S/C11H19N3O/c12-6-9-7-13-14(8-9)10-4-2-1-3-5-11(10)15/h7-8,10-11,15H,1-6,12H2. The SMILES string of the molecule is NCc1cnn(C2CCCCCC2O)c1. The molecule has 1 fully saturated rings. The van der Waals surface area contributed by atoms with Gasteiger partial charge in [-0.1, -0.05) is 19.3 Å². The molecule has 1 saturated carbocycles. The summed E-state index contributed by atoms with van der Waals surface area (Å²) in [7, 11) is 0. The maximum Gasteiger partial charge on any atom is 0.0778 e. The summed E-state index contributed by atoms with van der Waals surface area (Å²) in [6.45, 7) is 0.517. The van der Waals surface area contributed by atoms with E-state index in [1.807, 2.05) is 10.9 Å². The van der Waals surface area contributed by atoms with Gasteiger partial charge in [0.2, 0.25) is 0 Å². The minimum Gasteiger partial charge on any atom is -0.391 e. The van der Waals surface area contributed by atoms with Gasteiger partial charge in [0.25, 0.3) is 0 Å². The number of hydrogen-bond donors (Lipinski definition) is 2. The summed E-state index contributed by atoms with van der Waals surface area (Å²) in [6, 6.07) is 0.146. The molecule has 0 aromatic carbocycles. The van der Waals surface area contributed by atoms with Gasteiger partial charge in [-0.25, -0.2) is 0 Å². The number of hydrogen-bond acceptors (Lipinski definition) is 3. The van der Waals surface area contributed by atoms with Crippen molar-refractivity contribution in [2.24, 2.45) is 5.73 Å². The lowest BCUT2D eigenvalue weighted by atomic mass is 10.1. The fourth-order valence-electron chi connectivity index (χ4n) is 2.24. The molecule has 2 unspecified atom stereocenters. The van der Waals surface area contributed by atoms with Crippen LogP contribution < -0.4 is 5.73 Å². The van der Waals surface area contributed by atoms with Crippen LogP contribution in [-0.4, -0.2) is 21.0 Å². The summed E-state index contributed by atoms with van der Waals surface area (Å²) in [5.41, 5.74) is 6.58. The number of nitrogens with two attached hydrogens (primary N) is 1. The molecule has 0 aliphatic heterocycles. The first-order valence-electron chi connectivity index (χ1n) is 5.72. The Kier molecular flexibility index (Phi) is 3.38. The molecule has 0 spiro atoms. The Balaban J connectivity index is 2.12. The third kappa shape index (κ3) is 2.38. The first-order valence-corrected chi connectivity index (χ1v) is 5.72. The Morgan fingerprint density at radius 3 is 2.93 bits per heavy atom. The maximum absolute atomic E-state index is 9.99. The van der Waals surface area contributed by atoms with E-state index >= 15 is 0 Å². The van der Waals surface area contributed by atoms with Gasteiger partial charge in [-0.15, -0.1) is 0 Å². The molecule has 1 aromatic heterocycles. The predicted octanol–water partition coefficient (Wildman–Crippen LogP) is 1.21. The van der Waals surface area contributed by atoms with E-state index in [0.29, 0.717) is 6.54 Å². The summed E-state index contributed by atoms with van der Waals surface area (Å²) in [4.78, 5) is 0. The molecular formula is C11H19N3O. The molecule has 15 heavy (non-hydrogen) atoms. The van der Waals surface area contributed by atoms with Gasteiger partial charge in [-0.05, 0) is 12.8 Å². The summed E-state index contributed by atoms with van der Waals surface area (Å²) >= 11 is 0. The van der Waals surface area contributed by atoms with Crippen molar-refractivity contribution in [2.45, 2.75) is 50.8 Å². The van der Waals surface area contributed by atoms with Crippen molar-refractivity contribution in [1.29, 1.82) is 0 Å². The van der Waals surface area contributed by atoms with Crippen LogP contribution in [0.25, 0.3) is 0 Å². The average molecular weight is 209 g/mol. The van der Waals surface area contributed by atoms with Crippen molar-refractivity contribution in [1.82, 2.24) is 9.78 Å². The van der Waals surface area contributed by atoms with Crippen LogP contribution in [0.5, 0.6) is 0 Å². The van der Waals surface area contributed by atoms with Gasteiger partial charge in [0.15, 0.2) is 0 Å². The lowest BCUT2D eigenvalue weighted by Gasteiger charge is -2.20. The number of aliphatic hydroxyl groups is 1. The van der Waals surface area contributed by atoms with Gasteiger partial charge < -0.3 is 10.8 Å². The summed E-state index contributed by atoms with van der Waals surface area (Å²) in [5, 5.41) is 14.3. The summed E-state index contributed by atoms with van der Waals surface area (Å²) in [5.74, 6) is 0. The number of nitrogens with zero attached hydrogens (tertiary/aromatic N) is 2. The van der Waals surface area contributed by atoms with Crippen molar-refractivity contribution >= 4 is 0 Å². The molecule has 0 bridgehead atoms. The molecule has 1 aliphatic carbocycles. The van der Waals surface area contributed by atoms with Crippen LogP contribution in [0.4, 0.5) is 0 Å². The van der Waals surface area contributed by atoms with Crippen molar-refractivity contribution in [3.63, 3.8) is 0 Å². The van der Waals surface area contributed by atoms with Crippen LogP contribution in [0.1, 0.15) is 43.7 Å². The van der Waals surface area contributed by atoms with Crippen LogP contribution in [-0.2, 0) is 6.54 Å². The Morgan fingerprint density at radius 1 is 1.40 bits per heavy atom. The summed E-state index contributed by atoms with van der Waals surface area (Å²) < 4.78 is 1.89. The highest BCUT2D eigenvalue weighted by atomic mass is 16.3. The molecular weight excluding hydrogens is 190 g/mol. The Labute approximate surface area is 90.1 Å². The Hall–Kier alpha value is -0.870. The zero-order chi connectivity index (χ0) is 10.7. The number of aromatic nitrogens is 2. The van der Waals surface area contributed by atoms with E-state index in [-0.39, 0.29) is 12.1 Å². The van der Waals surface area contributed by atoms with Crippen LogP contribution in [0.2, 0.25) is 0 Å². The third-order valence-electron chi connectivity index (χ3n) is 3.17.